The lowest BCUT2D eigenvalue weighted by Gasteiger charge is -2.00. The number of aryl methyl sites for hydroxylation is 1. The number of nitriles is 1. The Morgan fingerprint density at radius 1 is 1.53 bits per heavy atom. The highest BCUT2D eigenvalue weighted by atomic mass is 14.9. The number of H-pyrrole nitrogens is 1. The van der Waals surface area contributed by atoms with E-state index in [4.69, 9.17) is 11.8 Å². The summed E-state index contributed by atoms with van der Waals surface area (Å²) in [7, 11) is 0. The third-order valence-electron chi connectivity index (χ3n) is 2.79. The van der Waals surface area contributed by atoms with Crippen LogP contribution in [-0.2, 0) is 0 Å². The van der Waals surface area contributed by atoms with Crippen molar-refractivity contribution in [2.45, 2.75) is 26.7 Å². The predicted octanol–water partition coefficient (Wildman–Crippen LogP) is 3.42. The second-order valence-corrected chi connectivity index (χ2v) is 4.28. The maximum absolute atomic E-state index is 8.98. The van der Waals surface area contributed by atoms with Crippen LogP contribution in [-0.4, -0.2) is 9.97 Å². The topological polar surface area (TPSA) is 56.8 Å². The zero-order valence-electron chi connectivity index (χ0n) is 10.00. The number of aromatic amines is 1. The Kier molecular flexibility index (Phi) is 2.57. The lowest BCUT2D eigenvalue weighted by molar-refractivity contribution is 0.839. The van der Waals surface area contributed by atoms with Gasteiger partial charge in [-0.2, -0.15) is 5.26 Å². The van der Waals surface area contributed by atoms with Gasteiger partial charge in [0.15, 0.2) is 0 Å². The van der Waals surface area contributed by atoms with Gasteiger partial charge in [-0.15, -0.1) is 0 Å². The summed E-state index contributed by atoms with van der Waals surface area (Å²) >= 11 is 0. The number of nitrogens with one attached hydrogen (secondary N) is 1. The van der Waals surface area contributed by atoms with E-state index in [-0.39, 0.29) is 5.92 Å². The molecule has 0 saturated heterocycles. The second-order valence-electron chi connectivity index (χ2n) is 4.28. The molecule has 0 spiro atoms. The highest BCUT2D eigenvalue weighted by molar-refractivity contribution is 5.94. The molecule has 0 amide bonds. The molecule has 1 N–H and O–H groups in total. The second kappa shape index (κ2) is 3.92. The molecular formula is C13H12N4. The van der Waals surface area contributed by atoms with Gasteiger partial charge in [0, 0.05) is 11.1 Å². The van der Waals surface area contributed by atoms with Gasteiger partial charge in [-0.25, -0.2) is 9.83 Å². The van der Waals surface area contributed by atoms with Crippen LogP contribution in [0.3, 0.4) is 0 Å². The van der Waals surface area contributed by atoms with Gasteiger partial charge < -0.3 is 4.98 Å². The Labute approximate surface area is 99.7 Å². The molecule has 0 atom stereocenters. The summed E-state index contributed by atoms with van der Waals surface area (Å²) in [6.07, 6.45) is 0. The van der Waals surface area contributed by atoms with Crippen molar-refractivity contribution in [3.8, 4) is 6.07 Å². The van der Waals surface area contributed by atoms with Gasteiger partial charge in [-0.1, -0.05) is 13.8 Å². The number of rotatable bonds is 1. The number of hydrogen-bond donors (Lipinski definition) is 1. The van der Waals surface area contributed by atoms with Gasteiger partial charge in [0.05, 0.1) is 17.8 Å². The molecule has 2 aromatic heterocycles. The summed E-state index contributed by atoms with van der Waals surface area (Å²) in [5.74, 6) is 0.235. The molecule has 0 saturated carbocycles. The van der Waals surface area contributed by atoms with Gasteiger partial charge in [-0.05, 0) is 18.9 Å². The number of fused-ring (bicyclic) bond motifs is 1. The van der Waals surface area contributed by atoms with E-state index in [0.29, 0.717) is 22.6 Å². The minimum absolute atomic E-state index is 0.235. The maximum atomic E-state index is 8.98. The molecule has 0 radical (unpaired) electrons. The van der Waals surface area contributed by atoms with Gasteiger partial charge in [0.2, 0.25) is 5.69 Å². The van der Waals surface area contributed by atoms with Gasteiger partial charge >= 0.3 is 0 Å². The predicted molar refractivity (Wildman–Crippen MR) is 65.9 cm³/mol. The molecule has 0 unspecified atom stereocenters. The fraction of sp³-hybridized carbons (Fsp3) is 0.308. The summed E-state index contributed by atoms with van der Waals surface area (Å²) in [4.78, 5) is 11.1. The molecule has 84 valence electrons. The van der Waals surface area contributed by atoms with Gasteiger partial charge in [-0.3, -0.25) is 0 Å². The first-order valence-electron chi connectivity index (χ1n) is 5.39. The molecule has 2 aromatic rings. The van der Waals surface area contributed by atoms with Crippen molar-refractivity contribution in [3.63, 3.8) is 0 Å². The molecule has 0 bridgehead atoms. The molecule has 17 heavy (non-hydrogen) atoms. The zero-order chi connectivity index (χ0) is 12.6. The van der Waals surface area contributed by atoms with Crippen LogP contribution in [0.2, 0.25) is 0 Å². The maximum Gasteiger partial charge on any atom is 0.216 e. The molecule has 2 rings (SSSR count). The van der Waals surface area contributed by atoms with E-state index >= 15 is 0 Å². The summed E-state index contributed by atoms with van der Waals surface area (Å²) in [6, 6.07) is 3.84. The number of pyridine rings is 1. The first kappa shape index (κ1) is 11.2. The molecule has 0 aromatic carbocycles. The highest BCUT2D eigenvalue weighted by Crippen LogP contribution is 2.34. The quantitative estimate of drug-likeness (QED) is 0.754. The minimum Gasteiger partial charge on any atom is -0.354 e. The summed E-state index contributed by atoms with van der Waals surface area (Å²) in [5, 5.41) is 9.72. The third-order valence-corrected chi connectivity index (χ3v) is 2.79. The fourth-order valence-corrected chi connectivity index (χ4v) is 1.86. The van der Waals surface area contributed by atoms with E-state index in [1.165, 1.54) is 0 Å². The number of nitrogens with zero attached hydrogens (tertiary/aromatic N) is 3. The molecule has 0 aliphatic heterocycles. The van der Waals surface area contributed by atoms with E-state index in [0.717, 1.165) is 11.1 Å². The highest BCUT2D eigenvalue weighted by Gasteiger charge is 2.16. The monoisotopic (exact) mass is 224 g/mol. The van der Waals surface area contributed by atoms with Crippen LogP contribution in [0.25, 0.3) is 15.9 Å². The number of hydrogen-bond acceptors (Lipinski definition) is 2. The normalized spacial score (nSPS) is 10.5. The van der Waals surface area contributed by atoms with E-state index < -0.39 is 0 Å². The molecule has 4 nitrogen and oxygen atoms in total. The average molecular weight is 224 g/mol. The Morgan fingerprint density at radius 2 is 2.24 bits per heavy atom. The van der Waals surface area contributed by atoms with Crippen molar-refractivity contribution in [2.75, 3.05) is 0 Å². The van der Waals surface area contributed by atoms with Crippen molar-refractivity contribution in [3.05, 3.63) is 34.4 Å². The largest absolute Gasteiger partial charge is 0.354 e. The van der Waals surface area contributed by atoms with Gasteiger partial charge in [0.25, 0.3) is 0 Å². The third kappa shape index (κ3) is 1.64. The van der Waals surface area contributed by atoms with Gasteiger partial charge in [0.1, 0.15) is 11.7 Å². The Hall–Kier alpha value is -2.33. The molecule has 0 aliphatic rings. The standard InChI is InChI=1S/C13H12N4/c1-7(2)11-12(15-4)10-5-9(6-14)8(3)16-13(10)17-11/h5,7H,1-3H3,(H,16,17). The molecular weight excluding hydrogens is 212 g/mol. The van der Waals surface area contributed by atoms with Crippen LogP contribution in [0.15, 0.2) is 6.07 Å². The van der Waals surface area contributed by atoms with E-state index in [9.17, 15) is 0 Å². The minimum atomic E-state index is 0.235. The van der Waals surface area contributed by atoms with Crippen LogP contribution in [0.4, 0.5) is 5.69 Å². The smallest absolute Gasteiger partial charge is 0.216 e. The van der Waals surface area contributed by atoms with Crippen molar-refractivity contribution in [2.24, 2.45) is 0 Å². The SMILES string of the molecule is [C-]#[N+]c1c(C(C)C)[nH]c2nc(C)c(C#N)cc12. The summed E-state index contributed by atoms with van der Waals surface area (Å²) < 4.78 is 0. The van der Waals surface area contributed by atoms with Crippen molar-refractivity contribution in [1.82, 2.24) is 9.97 Å². The van der Waals surface area contributed by atoms with Crippen molar-refractivity contribution >= 4 is 16.7 Å². The Bertz CT molecular complexity index is 665. The van der Waals surface area contributed by atoms with Crippen molar-refractivity contribution < 1.29 is 0 Å². The molecule has 0 fully saturated rings. The van der Waals surface area contributed by atoms with Crippen LogP contribution >= 0.6 is 0 Å². The summed E-state index contributed by atoms with van der Waals surface area (Å²) in [5.41, 5.74) is 3.37. The van der Waals surface area contributed by atoms with E-state index in [2.05, 4.69) is 20.9 Å². The van der Waals surface area contributed by atoms with Crippen LogP contribution < -0.4 is 0 Å². The molecule has 2 heterocycles. The first-order valence-corrected chi connectivity index (χ1v) is 5.39. The van der Waals surface area contributed by atoms with Crippen LogP contribution in [0.1, 0.15) is 36.7 Å². The van der Waals surface area contributed by atoms with E-state index in [1.807, 2.05) is 13.8 Å². The summed E-state index contributed by atoms with van der Waals surface area (Å²) in [6.45, 7) is 13.1. The lowest BCUT2D eigenvalue weighted by Crippen LogP contribution is -1.88. The Morgan fingerprint density at radius 3 is 2.76 bits per heavy atom. The first-order chi connectivity index (χ1) is 8.08. The molecule has 0 aliphatic carbocycles. The lowest BCUT2D eigenvalue weighted by atomic mass is 10.1. The van der Waals surface area contributed by atoms with Crippen LogP contribution in [0.5, 0.6) is 0 Å². The van der Waals surface area contributed by atoms with Crippen molar-refractivity contribution in [1.29, 1.82) is 5.26 Å². The average Bonchev–Trinajstić information content (AvgIpc) is 2.65. The Balaban J connectivity index is 2.86. The van der Waals surface area contributed by atoms with Crippen LogP contribution in [0, 0.1) is 24.8 Å². The van der Waals surface area contributed by atoms with E-state index in [1.54, 1.807) is 13.0 Å². The number of aromatic nitrogens is 2. The molecule has 4 heteroatoms. The fourth-order valence-electron chi connectivity index (χ4n) is 1.86. The zero-order valence-corrected chi connectivity index (χ0v) is 10.00.